The fourth-order valence-electron chi connectivity index (χ4n) is 3.87. The van der Waals surface area contributed by atoms with Crippen LogP contribution in [0.5, 0.6) is 5.75 Å². The first-order chi connectivity index (χ1) is 16.1. The number of rotatable bonds is 6. The second-order valence-electron chi connectivity index (χ2n) is 7.79. The van der Waals surface area contributed by atoms with E-state index in [1.165, 1.54) is 55.7 Å². The number of nitrogens with zero attached hydrogens (tertiary/aromatic N) is 2. The number of aryl methyl sites for hydroxylation is 1. The third-order valence-corrected chi connectivity index (χ3v) is 6.90. The fourth-order valence-corrected chi connectivity index (χ4v) is 5.15. The Labute approximate surface area is 195 Å². The molecule has 0 aliphatic heterocycles. The van der Waals surface area contributed by atoms with E-state index in [1.54, 1.807) is 29.2 Å². The maximum Gasteiger partial charge on any atom is 0.396 e. The predicted octanol–water partition coefficient (Wildman–Crippen LogP) is 5.51. The van der Waals surface area contributed by atoms with Crippen LogP contribution in [0.15, 0.2) is 78.1 Å². The Morgan fingerprint density at radius 2 is 1.94 bits per heavy atom. The van der Waals surface area contributed by atoms with Gasteiger partial charge in [-0.05, 0) is 42.7 Å². The van der Waals surface area contributed by atoms with Crippen LogP contribution in [-0.2, 0) is 10.0 Å². The Hall–Kier alpha value is -3.53. The van der Waals surface area contributed by atoms with E-state index in [1.807, 2.05) is 6.92 Å². The quantitative estimate of drug-likeness (QED) is 0.496. The summed E-state index contributed by atoms with van der Waals surface area (Å²) in [7, 11) is -2.76. The number of alkyl halides is 3. The number of methoxy groups -OCH3 is 1. The van der Waals surface area contributed by atoms with E-state index in [2.05, 4.69) is 9.71 Å². The molecule has 0 fully saturated rings. The summed E-state index contributed by atoms with van der Waals surface area (Å²) in [6.07, 6.45) is 2.90. The van der Waals surface area contributed by atoms with E-state index >= 15 is 0 Å². The zero-order valence-corrected chi connectivity index (χ0v) is 19.2. The molecular weight excluding hydrogens is 467 g/mol. The van der Waals surface area contributed by atoms with Crippen molar-refractivity contribution in [3.05, 3.63) is 84.5 Å². The van der Waals surface area contributed by atoms with Gasteiger partial charge in [0.15, 0.2) is 0 Å². The normalized spacial score (nSPS) is 16.3. The summed E-state index contributed by atoms with van der Waals surface area (Å²) in [6.45, 7) is 1.84. The lowest BCUT2D eigenvalue weighted by Crippen LogP contribution is -2.26. The summed E-state index contributed by atoms with van der Waals surface area (Å²) in [5.41, 5.74) is 1.58. The molecule has 0 saturated carbocycles. The molecule has 0 spiro atoms. The standard InChI is InChI=1S/C24H22F3N3O3S/c1-16-14-30(15-28-16)21-12-11-17(13-22(21)33-2)29-34(31,32)23-10-6-4-8-19(23)18-7-3-5-9-20(18)24(25,26)27/h3-8,10-15,20,29H,9H2,1-2H3. The monoisotopic (exact) mass is 489 g/mol. The molecule has 0 amide bonds. The van der Waals surface area contributed by atoms with Gasteiger partial charge in [-0.15, -0.1) is 0 Å². The van der Waals surface area contributed by atoms with Crippen LogP contribution < -0.4 is 9.46 Å². The number of hydrogen-bond acceptors (Lipinski definition) is 4. The van der Waals surface area contributed by atoms with E-state index < -0.39 is 22.1 Å². The molecular formula is C24H22F3N3O3S. The van der Waals surface area contributed by atoms with Gasteiger partial charge in [-0.2, -0.15) is 13.2 Å². The number of allylic oxidation sites excluding steroid dienone is 4. The highest BCUT2D eigenvalue weighted by molar-refractivity contribution is 7.92. The lowest BCUT2D eigenvalue weighted by molar-refractivity contribution is -0.157. The fraction of sp³-hybridized carbons (Fsp3) is 0.208. The van der Waals surface area contributed by atoms with Crippen LogP contribution in [0.1, 0.15) is 17.7 Å². The average Bonchev–Trinajstić information content (AvgIpc) is 3.24. The molecule has 0 saturated heterocycles. The van der Waals surface area contributed by atoms with Crippen LogP contribution in [0.25, 0.3) is 11.3 Å². The lowest BCUT2D eigenvalue weighted by Gasteiger charge is -2.26. The Balaban J connectivity index is 1.71. The number of aromatic nitrogens is 2. The molecule has 4 rings (SSSR count). The van der Waals surface area contributed by atoms with E-state index in [9.17, 15) is 21.6 Å². The maximum atomic E-state index is 13.7. The summed E-state index contributed by atoms with van der Waals surface area (Å²) < 4.78 is 77.2. The van der Waals surface area contributed by atoms with Crippen LogP contribution in [0, 0.1) is 12.8 Å². The van der Waals surface area contributed by atoms with Crippen molar-refractivity contribution in [1.29, 1.82) is 0 Å². The third-order valence-electron chi connectivity index (χ3n) is 5.46. The Morgan fingerprint density at radius 1 is 1.18 bits per heavy atom. The first-order valence-electron chi connectivity index (χ1n) is 10.3. The SMILES string of the molecule is COc1cc(NS(=O)(=O)c2ccccc2C2=CC=CCC2C(F)(F)F)ccc1-n1cnc(C)c1. The summed E-state index contributed by atoms with van der Waals surface area (Å²) >= 11 is 0. The van der Waals surface area contributed by atoms with Gasteiger partial charge in [-0.1, -0.05) is 36.4 Å². The van der Waals surface area contributed by atoms with Gasteiger partial charge in [0.25, 0.3) is 10.0 Å². The van der Waals surface area contributed by atoms with Crippen molar-refractivity contribution in [2.24, 2.45) is 5.92 Å². The molecule has 1 heterocycles. The zero-order valence-electron chi connectivity index (χ0n) is 18.4. The molecule has 178 valence electrons. The van der Waals surface area contributed by atoms with Gasteiger partial charge >= 0.3 is 6.18 Å². The highest BCUT2D eigenvalue weighted by atomic mass is 32.2. The van der Waals surface area contributed by atoms with Gasteiger partial charge in [0.05, 0.1) is 41.3 Å². The van der Waals surface area contributed by atoms with Crippen LogP contribution in [0.2, 0.25) is 0 Å². The van der Waals surface area contributed by atoms with Gasteiger partial charge in [0.1, 0.15) is 5.75 Å². The van der Waals surface area contributed by atoms with Gasteiger partial charge in [-0.25, -0.2) is 13.4 Å². The number of ether oxygens (including phenoxy) is 1. The zero-order chi connectivity index (χ0) is 24.5. The molecule has 1 unspecified atom stereocenters. The van der Waals surface area contributed by atoms with Gasteiger partial charge in [0.2, 0.25) is 0 Å². The molecule has 10 heteroatoms. The summed E-state index contributed by atoms with van der Waals surface area (Å²) in [5, 5.41) is 0. The smallest absolute Gasteiger partial charge is 0.396 e. The van der Waals surface area contributed by atoms with Crippen LogP contribution in [0.3, 0.4) is 0 Å². The minimum absolute atomic E-state index is 0.0131. The van der Waals surface area contributed by atoms with E-state index in [0.29, 0.717) is 11.4 Å². The number of hydrogen-bond donors (Lipinski definition) is 1. The summed E-state index contributed by atoms with van der Waals surface area (Å²) in [4.78, 5) is 3.94. The second-order valence-corrected chi connectivity index (χ2v) is 9.44. The first kappa shape index (κ1) is 23.6. The third kappa shape index (κ3) is 4.72. The highest BCUT2D eigenvalue weighted by Gasteiger charge is 2.43. The number of imidazole rings is 1. The van der Waals surface area contributed by atoms with Crippen molar-refractivity contribution in [2.45, 2.75) is 24.4 Å². The predicted molar refractivity (Wildman–Crippen MR) is 123 cm³/mol. The van der Waals surface area contributed by atoms with Crippen molar-refractivity contribution in [3.63, 3.8) is 0 Å². The van der Waals surface area contributed by atoms with Gasteiger partial charge < -0.3 is 9.30 Å². The number of nitrogens with one attached hydrogen (secondary N) is 1. The van der Waals surface area contributed by atoms with E-state index in [4.69, 9.17) is 4.74 Å². The van der Waals surface area contributed by atoms with Crippen molar-refractivity contribution < 1.29 is 26.3 Å². The largest absolute Gasteiger partial charge is 0.494 e. The number of halogens is 3. The van der Waals surface area contributed by atoms with Gasteiger partial charge in [0, 0.05) is 12.3 Å². The Morgan fingerprint density at radius 3 is 2.62 bits per heavy atom. The second kappa shape index (κ2) is 9.02. The molecule has 1 aliphatic rings. The van der Waals surface area contributed by atoms with E-state index in [0.717, 1.165) is 5.69 Å². The van der Waals surface area contributed by atoms with Crippen molar-refractivity contribution in [1.82, 2.24) is 9.55 Å². The summed E-state index contributed by atoms with van der Waals surface area (Å²) in [5.74, 6) is -1.39. The first-order valence-corrected chi connectivity index (χ1v) is 11.8. The highest BCUT2D eigenvalue weighted by Crippen LogP contribution is 2.43. The number of anilines is 1. The van der Waals surface area contributed by atoms with Crippen molar-refractivity contribution >= 4 is 21.3 Å². The van der Waals surface area contributed by atoms with Crippen LogP contribution in [-0.4, -0.2) is 31.3 Å². The average molecular weight is 490 g/mol. The molecule has 1 aromatic heterocycles. The van der Waals surface area contributed by atoms with Gasteiger partial charge in [-0.3, -0.25) is 4.72 Å². The molecule has 6 nitrogen and oxygen atoms in total. The van der Waals surface area contributed by atoms with Crippen LogP contribution >= 0.6 is 0 Å². The molecule has 1 aliphatic carbocycles. The maximum absolute atomic E-state index is 13.7. The molecule has 34 heavy (non-hydrogen) atoms. The van der Waals surface area contributed by atoms with Crippen LogP contribution in [0.4, 0.5) is 18.9 Å². The number of sulfonamides is 1. The molecule has 1 N–H and O–H groups in total. The van der Waals surface area contributed by atoms with E-state index in [-0.39, 0.29) is 28.1 Å². The molecule has 1 atom stereocenters. The van der Waals surface area contributed by atoms with Crippen molar-refractivity contribution in [2.75, 3.05) is 11.8 Å². The minimum Gasteiger partial charge on any atom is -0.494 e. The Kier molecular flexibility index (Phi) is 6.26. The van der Waals surface area contributed by atoms with Crippen molar-refractivity contribution in [3.8, 4) is 11.4 Å². The Bertz CT molecular complexity index is 1380. The topological polar surface area (TPSA) is 73.2 Å². The summed E-state index contributed by atoms with van der Waals surface area (Å²) in [6, 6.07) is 10.4. The molecule has 0 bridgehead atoms. The number of benzene rings is 2. The molecule has 0 radical (unpaired) electrons. The minimum atomic E-state index is -4.50. The molecule has 2 aromatic carbocycles. The molecule has 3 aromatic rings. The lowest BCUT2D eigenvalue weighted by atomic mass is 9.86.